The standard InChI is InChI=1S/C28H31N3O3/c1-34-26-9-3-2-8-23(26)20-10-12-21(13-11-20)27-24-18-30(28(33)22-7-6-14-29-17-22)15-4-5-16-31(24)25(27)19-32/h2-3,6-14,17,24-25,27,32H,4-5,15-16,18-19H2,1H3/t24-,25+,27-/m1/s1. The Labute approximate surface area is 200 Å². The summed E-state index contributed by atoms with van der Waals surface area (Å²) in [6.07, 6.45) is 5.31. The summed E-state index contributed by atoms with van der Waals surface area (Å²) in [6.45, 7) is 2.48. The van der Waals surface area contributed by atoms with Gasteiger partial charge in [0.25, 0.3) is 5.91 Å². The van der Waals surface area contributed by atoms with Crippen LogP contribution >= 0.6 is 0 Å². The zero-order valence-corrected chi connectivity index (χ0v) is 19.5. The van der Waals surface area contributed by atoms with Gasteiger partial charge < -0.3 is 14.7 Å². The molecular weight excluding hydrogens is 426 g/mol. The topological polar surface area (TPSA) is 65.9 Å². The third-order valence-electron chi connectivity index (χ3n) is 7.28. The van der Waals surface area contributed by atoms with Crippen LogP contribution in [0.1, 0.15) is 34.7 Å². The maximum atomic E-state index is 13.2. The van der Waals surface area contributed by atoms with E-state index in [1.165, 1.54) is 5.56 Å². The lowest BCUT2D eigenvalue weighted by Crippen LogP contribution is -2.67. The highest BCUT2D eigenvalue weighted by Gasteiger charge is 2.49. The van der Waals surface area contributed by atoms with Gasteiger partial charge in [0.1, 0.15) is 5.75 Å². The van der Waals surface area contributed by atoms with Gasteiger partial charge in [-0.2, -0.15) is 0 Å². The van der Waals surface area contributed by atoms with Crippen LogP contribution in [0.3, 0.4) is 0 Å². The third kappa shape index (κ3) is 4.19. The third-order valence-corrected chi connectivity index (χ3v) is 7.28. The summed E-state index contributed by atoms with van der Waals surface area (Å²) in [6, 6.07) is 20.5. The molecule has 176 valence electrons. The Hall–Kier alpha value is -3.22. The fourth-order valence-corrected chi connectivity index (χ4v) is 5.56. The van der Waals surface area contributed by atoms with Crippen molar-refractivity contribution in [2.24, 2.45) is 0 Å². The number of rotatable bonds is 5. The van der Waals surface area contributed by atoms with Crippen molar-refractivity contribution in [3.8, 4) is 16.9 Å². The lowest BCUT2D eigenvalue weighted by molar-refractivity contribution is -0.0606. The van der Waals surface area contributed by atoms with Crippen LogP contribution in [0.5, 0.6) is 5.75 Å². The van der Waals surface area contributed by atoms with Gasteiger partial charge in [-0.15, -0.1) is 0 Å². The molecule has 6 nitrogen and oxygen atoms in total. The molecule has 1 amide bonds. The van der Waals surface area contributed by atoms with Crippen molar-refractivity contribution in [2.75, 3.05) is 33.4 Å². The smallest absolute Gasteiger partial charge is 0.255 e. The summed E-state index contributed by atoms with van der Waals surface area (Å²) in [5, 5.41) is 10.2. The number of benzene rings is 2. The number of aliphatic hydroxyl groups excluding tert-OH is 1. The Kier molecular flexibility index (Phi) is 6.61. The van der Waals surface area contributed by atoms with Crippen molar-refractivity contribution in [1.82, 2.24) is 14.8 Å². The highest BCUT2D eigenvalue weighted by atomic mass is 16.5. The largest absolute Gasteiger partial charge is 0.496 e. The molecule has 3 atom stereocenters. The predicted molar refractivity (Wildman–Crippen MR) is 132 cm³/mol. The highest BCUT2D eigenvalue weighted by Crippen LogP contribution is 2.42. The number of methoxy groups -OCH3 is 1. The molecule has 2 fully saturated rings. The summed E-state index contributed by atoms with van der Waals surface area (Å²) < 4.78 is 5.53. The fraction of sp³-hybridized carbons (Fsp3) is 0.357. The van der Waals surface area contributed by atoms with Crippen LogP contribution in [0.25, 0.3) is 11.1 Å². The lowest BCUT2D eigenvalue weighted by Gasteiger charge is -2.57. The Morgan fingerprint density at radius 3 is 2.59 bits per heavy atom. The lowest BCUT2D eigenvalue weighted by atomic mass is 9.74. The number of nitrogens with zero attached hydrogens (tertiary/aromatic N) is 3. The van der Waals surface area contributed by atoms with Crippen LogP contribution in [0, 0.1) is 0 Å². The van der Waals surface area contributed by atoms with E-state index in [1.54, 1.807) is 25.6 Å². The summed E-state index contributed by atoms with van der Waals surface area (Å²) >= 11 is 0. The molecule has 2 saturated heterocycles. The minimum atomic E-state index is 0.0349. The molecule has 0 unspecified atom stereocenters. The molecule has 0 bridgehead atoms. The molecule has 34 heavy (non-hydrogen) atoms. The summed E-state index contributed by atoms with van der Waals surface area (Å²) in [7, 11) is 1.69. The molecule has 2 aliphatic rings. The molecule has 3 aromatic rings. The summed E-state index contributed by atoms with van der Waals surface area (Å²) in [5.41, 5.74) is 3.99. The van der Waals surface area contributed by atoms with E-state index in [9.17, 15) is 9.90 Å². The zero-order chi connectivity index (χ0) is 23.5. The Morgan fingerprint density at radius 1 is 1.06 bits per heavy atom. The number of carbonyl (C=O) groups is 1. The molecule has 0 aliphatic carbocycles. The number of fused-ring (bicyclic) bond motifs is 1. The molecule has 0 radical (unpaired) electrons. The van der Waals surface area contributed by atoms with E-state index < -0.39 is 0 Å². The number of pyridine rings is 1. The number of hydrogen-bond acceptors (Lipinski definition) is 5. The number of amides is 1. The molecule has 3 heterocycles. The van der Waals surface area contributed by atoms with Gasteiger partial charge in [-0.05, 0) is 48.7 Å². The van der Waals surface area contributed by atoms with Gasteiger partial charge in [-0.25, -0.2) is 0 Å². The molecular formula is C28H31N3O3. The van der Waals surface area contributed by atoms with Gasteiger partial charge in [0, 0.05) is 49.0 Å². The van der Waals surface area contributed by atoms with Gasteiger partial charge in [-0.3, -0.25) is 14.7 Å². The van der Waals surface area contributed by atoms with E-state index in [0.29, 0.717) is 12.1 Å². The molecule has 6 heteroatoms. The first kappa shape index (κ1) is 22.6. The van der Waals surface area contributed by atoms with Crippen molar-refractivity contribution in [3.63, 3.8) is 0 Å². The molecule has 1 aromatic heterocycles. The number of aliphatic hydroxyl groups is 1. The zero-order valence-electron chi connectivity index (χ0n) is 19.5. The Bertz CT molecular complexity index is 1120. The molecule has 2 aliphatic heterocycles. The number of hydrogen-bond donors (Lipinski definition) is 1. The van der Waals surface area contributed by atoms with E-state index in [0.717, 1.165) is 42.8 Å². The van der Waals surface area contributed by atoms with Gasteiger partial charge in [0.2, 0.25) is 0 Å². The quantitative estimate of drug-likeness (QED) is 0.631. The SMILES string of the molecule is COc1ccccc1-c1ccc([C@@H]2[C@H]3CN(C(=O)c4cccnc4)CCCCN3[C@H]2CO)cc1. The van der Waals surface area contributed by atoms with E-state index in [-0.39, 0.29) is 30.5 Å². The van der Waals surface area contributed by atoms with Crippen molar-refractivity contribution < 1.29 is 14.6 Å². The Balaban J connectivity index is 1.40. The van der Waals surface area contributed by atoms with Crippen LogP contribution in [-0.4, -0.2) is 71.2 Å². The van der Waals surface area contributed by atoms with Crippen molar-refractivity contribution in [3.05, 3.63) is 84.2 Å². The van der Waals surface area contributed by atoms with Gasteiger partial charge in [0.05, 0.1) is 19.3 Å². The number of para-hydroxylation sites is 1. The van der Waals surface area contributed by atoms with Crippen LogP contribution in [0.4, 0.5) is 0 Å². The van der Waals surface area contributed by atoms with Crippen molar-refractivity contribution in [2.45, 2.75) is 30.8 Å². The van der Waals surface area contributed by atoms with Crippen LogP contribution in [0.15, 0.2) is 73.1 Å². The minimum Gasteiger partial charge on any atom is -0.496 e. The average molecular weight is 458 g/mol. The number of carbonyl (C=O) groups excluding carboxylic acids is 1. The maximum Gasteiger partial charge on any atom is 0.255 e. The van der Waals surface area contributed by atoms with Crippen molar-refractivity contribution >= 4 is 5.91 Å². The van der Waals surface area contributed by atoms with E-state index in [2.05, 4.69) is 40.2 Å². The van der Waals surface area contributed by atoms with Crippen LogP contribution in [-0.2, 0) is 0 Å². The molecule has 0 spiro atoms. The van der Waals surface area contributed by atoms with Gasteiger partial charge >= 0.3 is 0 Å². The number of ether oxygens (including phenoxy) is 1. The first-order chi connectivity index (χ1) is 16.7. The Morgan fingerprint density at radius 2 is 1.85 bits per heavy atom. The minimum absolute atomic E-state index is 0.0349. The first-order valence-corrected chi connectivity index (χ1v) is 12.0. The highest BCUT2D eigenvalue weighted by molar-refractivity contribution is 5.93. The van der Waals surface area contributed by atoms with E-state index in [1.807, 2.05) is 29.2 Å². The number of aromatic nitrogens is 1. The van der Waals surface area contributed by atoms with Crippen molar-refractivity contribution in [1.29, 1.82) is 0 Å². The van der Waals surface area contributed by atoms with Crippen LogP contribution < -0.4 is 4.74 Å². The first-order valence-electron chi connectivity index (χ1n) is 12.0. The van der Waals surface area contributed by atoms with Gasteiger partial charge in [0.15, 0.2) is 0 Å². The molecule has 0 saturated carbocycles. The van der Waals surface area contributed by atoms with Gasteiger partial charge in [-0.1, -0.05) is 42.5 Å². The monoisotopic (exact) mass is 457 g/mol. The maximum absolute atomic E-state index is 13.2. The van der Waals surface area contributed by atoms with Crippen LogP contribution in [0.2, 0.25) is 0 Å². The summed E-state index contributed by atoms with van der Waals surface area (Å²) in [5.74, 6) is 1.06. The van der Waals surface area contributed by atoms with E-state index in [4.69, 9.17) is 4.74 Å². The second kappa shape index (κ2) is 9.95. The van der Waals surface area contributed by atoms with E-state index >= 15 is 0 Å². The molecule has 1 N–H and O–H groups in total. The molecule has 2 aromatic carbocycles. The normalized spacial score (nSPS) is 22.8. The summed E-state index contributed by atoms with van der Waals surface area (Å²) in [4.78, 5) is 21.7. The predicted octanol–water partition coefficient (Wildman–Crippen LogP) is 3.82. The second-order valence-electron chi connectivity index (χ2n) is 9.10. The molecule has 5 rings (SSSR count). The fourth-order valence-electron chi connectivity index (χ4n) is 5.56. The average Bonchev–Trinajstić information content (AvgIpc) is 2.88. The second-order valence-corrected chi connectivity index (χ2v) is 9.10.